The molecule has 0 radical (unpaired) electrons. The first-order valence-corrected chi connectivity index (χ1v) is 7.64. The van der Waals surface area contributed by atoms with E-state index >= 15 is 0 Å². The molecule has 18 heavy (non-hydrogen) atoms. The number of nitrogens with zero attached hydrogens (tertiary/aromatic N) is 2. The van der Waals surface area contributed by atoms with Crippen LogP contribution in [0.2, 0.25) is 0 Å². The molecule has 2 unspecified atom stereocenters. The van der Waals surface area contributed by atoms with E-state index in [0.717, 1.165) is 6.42 Å². The van der Waals surface area contributed by atoms with Crippen LogP contribution in [0.5, 0.6) is 0 Å². The summed E-state index contributed by atoms with van der Waals surface area (Å²) in [6.07, 6.45) is 0.919. The highest BCUT2D eigenvalue weighted by Crippen LogP contribution is 2.41. The van der Waals surface area contributed by atoms with Gasteiger partial charge in [0.15, 0.2) is 0 Å². The Labute approximate surface area is 115 Å². The molecule has 2 aromatic rings. The van der Waals surface area contributed by atoms with Gasteiger partial charge in [0.2, 0.25) is 5.89 Å². The summed E-state index contributed by atoms with van der Waals surface area (Å²) in [7, 11) is 0. The molecule has 2 aromatic heterocycles. The fourth-order valence-corrected chi connectivity index (χ4v) is 4.09. The Morgan fingerprint density at radius 2 is 2.22 bits per heavy atom. The van der Waals surface area contributed by atoms with Crippen molar-refractivity contribution < 1.29 is 4.42 Å². The zero-order valence-corrected chi connectivity index (χ0v) is 12.3. The summed E-state index contributed by atoms with van der Waals surface area (Å²) in [6.45, 7) is 6.00. The summed E-state index contributed by atoms with van der Waals surface area (Å²) in [5.41, 5.74) is 7.50. The quantitative estimate of drug-likeness (QED) is 0.853. The van der Waals surface area contributed by atoms with Gasteiger partial charge in [0.1, 0.15) is 0 Å². The number of rotatable bonds is 5. The second-order valence-corrected chi connectivity index (χ2v) is 6.21. The van der Waals surface area contributed by atoms with Crippen LogP contribution in [-0.2, 0) is 0 Å². The van der Waals surface area contributed by atoms with Crippen LogP contribution < -0.4 is 5.73 Å². The van der Waals surface area contributed by atoms with Gasteiger partial charge in [-0.15, -0.1) is 21.5 Å². The fraction of sp³-hybridized carbons (Fsp3) is 0.500. The van der Waals surface area contributed by atoms with E-state index < -0.39 is 0 Å². The van der Waals surface area contributed by atoms with Crippen LogP contribution in [0.4, 0.5) is 0 Å². The lowest BCUT2D eigenvalue weighted by Gasteiger charge is -2.20. The van der Waals surface area contributed by atoms with Gasteiger partial charge < -0.3 is 10.2 Å². The molecule has 0 amide bonds. The van der Waals surface area contributed by atoms with Gasteiger partial charge in [-0.3, -0.25) is 0 Å². The van der Waals surface area contributed by atoms with Gasteiger partial charge in [0, 0.05) is 17.8 Å². The molecule has 0 bridgehead atoms. The minimum atomic E-state index is 0.0829. The Morgan fingerprint density at radius 3 is 2.72 bits per heavy atom. The van der Waals surface area contributed by atoms with E-state index in [9.17, 15) is 0 Å². The molecule has 2 atom stereocenters. The maximum absolute atomic E-state index is 6.23. The Kier molecular flexibility index (Phi) is 4.42. The van der Waals surface area contributed by atoms with Crippen molar-refractivity contribution in [1.29, 1.82) is 0 Å². The smallest absolute Gasteiger partial charge is 0.277 e. The zero-order valence-electron chi connectivity index (χ0n) is 10.7. The largest absolute Gasteiger partial charge is 0.416 e. The van der Waals surface area contributed by atoms with Crippen molar-refractivity contribution >= 4 is 23.1 Å². The molecule has 0 aliphatic rings. The third-order valence-electron chi connectivity index (χ3n) is 2.76. The maximum Gasteiger partial charge on any atom is 0.277 e. The number of thioether (sulfide) groups is 1. The first kappa shape index (κ1) is 13.6. The molecule has 6 heteroatoms. The van der Waals surface area contributed by atoms with Gasteiger partial charge in [0.25, 0.3) is 5.22 Å². The number of aryl methyl sites for hydroxylation is 2. The molecule has 0 aliphatic heterocycles. The number of nitrogens with two attached hydrogens (primary N) is 1. The molecule has 0 aromatic carbocycles. The summed E-state index contributed by atoms with van der Waals surface area (Å²) in [5.74, 6) is 0.587. The highest BCUT2D eigenvalue weighted by molar-refractivity contribution is 7.99. The second kappa shape index (κ2) is 5.86. The van der Waals surface area contributed by atoms with Crippen LogP contribution in [0.1, 0.15) is 34.9 Å². The van der Waals surface area contributed by atoms with E-state index in [4.69, 9.17) is 10.2 Å². The van der Waals surface area contributed by atoms with Crippen LogP contribution >= 0.6 is 23.1 Å². The lowest BCUT2D eigenvalue weighted by molar-refractivity contribution is 0.427. The highest BCUT2D eigenvalue weighted by Gasteiger charge is 2.25. The zero-order chi connectivity index (χ0) is 13.1. The lowest BCUT2D eigenvalue weighted by Crippen LogP contribution is -2.25. The van der Waals surface area contributed by atoms with Crippen molar-refractivity contribution in [2.24, 2.45) is 5.73 Å². The molecule has 2 rings (SSSR count). The number of aromatic nitrogens is 2. The van der Waals surface area contributed by atoms with Crippen molar-refractivity contribution in [3.8, 4) is 0 Å². The molecule has 4 nitrogen and oxygen atoms in total. The number of hydrogen-bond donors (Lipinski definition) is 1. The van der Waals surface area contributed by atoms with Crippen molar-refractivity contribution in [2.75, 3.05) is 0 Å². The van der Waals surface area contributed by atoms with Crippen LogP contribution in [0.15, 0.2) is 21.1 Å². The average molecular weight is 283 g/mol. The average Bonchev–Trinajstić information content (AvgIpc) is 2.94. The third kappa shape index (κ3) is 2.93. The first-order valence-electron chi connectivity index (χ1n) is 5.88. The fourth-order valence-electron chi connectivity index (χ4n) is 1.66. The van der Waals surface area contributed by atoms with Crippen LogP contribution in [-0.4, -0.2) is 16.2 Å². The van der Waals surface area contributed by atoms with Crippen LogP contribution in [0, 0.1) is 13.8 Å². The van der Waals surface area contributed by atoms with Crippen molar-refractivity contribution in [1.82, 2.24) is 10.2 Å². The summed E-state index contributed by atoms with van der Waals surface area (Å²) >= 11 is 3.30. The van der Waals surface area contributed by atoms with E-state index in [2.05, 4.69) is 35.5 Å². The van der Waals surface area contributed by atoms with E-state index in [1.165, 1.54) is 10.4 Å². The Hall–Kier alpha value is -0.850. The summed E-state index contributed by atoms with van der Waals surface area (Å²) in [4.78, 5) is 1.30. The Balaban J connectivity index is 2.23. The van der Waals surface area contributed by atoms with Gasteiger partial charge >= 0.3 is 0 Å². The van der Waals surface area contributed by atoms with E-state index in [-0.39, 0.29) is 11.3 Å². The van der Waals surface area contributed by atoms with Gasteiger partial charge in [-0.25, -0.2) is 0 Å². The predicted octanol–water partition coefficient (Wildman–Crippen LogP) is 3.32. The molecule has 0 saturated carbocycles. The minimum Gasteiger partial charge on any atom is -0.416 e. The van der Waals surface area contributed by atoms with Crippen molar-refractivity contribution in [2.45, 2.75) is 43.7 Å². The molecular formula is C12H17N3OS2. The number of hydrogen-bond acceptors (Lipinski definition) is 6. The topological polar surface area (TPSA) is 64.9 Å². The molecule has 2 N–H and O–H groups in total. The molecule has 0 spiro atoms. The van der Waals surface area contributed by atoms with E-state index in [1.807, 2.05) is 0 Å². The summed E-state index contributed by atoms with van der Waals surface area (Å²) in [5, 5.41) is 10.8. The molecular weight excluding hydrogens is 266 g/mol. The molecule has 98 valence electrons. The predicted molar refractivity (Wildman–Crippen MR) is 75.0 cm³/mol. The third-order valence-corrected chi connectivity index (χ3v) is 5.21. The molecule has 0 saturated heterocycles. The monoisotopic (exact) mass is 283 g/mol. The molecule has 0 aliphatic carbocycles. The standard InChI is InChI=1S/C12H17N3OS2/c1-4-9(13)11(10-7(2)5-6-17-10)18-12-15-14-8(3)16-12/h5-6,9,11H,4,13H2,1-3H3. The lowest BCUT2D eigenvalue weighted by atomic mass is 10.1. The minimum absolute atomic E-state index is 0.0829. The van der Waals surface area contributed by atoms with Gasteiger partial charge in [-0.1, -0.05) is 18.7 Å². The normalized spacial score (nSPS) is 14.7. The SMILES string of the molecule is CCC(N)C(Sc1nnc(C)o1)c1sccc1C. The highest BCUT2D eigenvalue weighted by atomic mass is 32.2. The second-order valence-electron chi connectivity index (χ2n) is 4.17. The van der Waals surface area contributed by atoms with Crippen molar-refractivity contribution in [3.05, 3.63) is 27.8 Å². The van der Waals surface area contributed by atoms with Crippen LogP contribution in [0.25, 0.3) is 0 Å². The number of thiophene rings is 1. The summed E-state index contributed by atoms with van der Waals surface area (Å²) in [6, 6.07) is 2.20. The van der Waals surface area contributed by atoms with Gasteiger partial charge in [-0.2, -0.15) is 0 Å². The van der Waals surface area contributed by atoms with E-state index in [0.29, 0.717) is 11.1 Å². The molecule has 0 fully saturated rings. The Bertz CT molecular complexity index is 509. The maximum atomic E-state index is 6.23. The van der Waals surface area contributed by atoms with Crippen LogP contribution in [0.3, 0.4) is 0 Å². The summed E-state index contributed by atoms with van der Waals surface area (Å²) < 4.78 is 5.44. The first-order chi connectivity index (χ1) is 8.61. The van der Waals surface area contributed by atoms with E-state index in [1.54, 1.807) is 30.0 Å². The van der Waals surface area contributed by atoms with Gasteiger partial charge in [0.05, 0.1) is 5.25 Å². The molecule has 2 heterocycles. The van der Waals surface area contributed by atoms with Crippen molar-refractivity contribution in [3.63, 3.8) is 0 Å². The Morgan fingerprint density at radius 1 is 1.44 bits per heavy atom. The van der Waals surface area contributed by atoms with Gasteiger partial charge in [-0.05, 0) is 30.4 Å².